The van der Waals surface area contributed by atoms with Crippen LogP contribution in [0.15, 0.2) is 95.5 Å². The maximum Gasteiger partial charge on any atom is 0.251 e. The Labute approximate surface area is 182 Å². The normalized spacial score (nSPS) is 11.2. The average Bonchev–Trinajstić information content (AvgIpc) is 3.59. The third kappa shape index (κ3) is 3.24. The van der Waals surface area contributed by atoms with Crippen LogP contribution in [0.2, 0.25) is 0 Å². The van der Waals surface area contributed by atoms with Gasteiger partial charge >= 0.3 is 0 Å². The molecule has 0 unspecified atom stereocenters. The fourth-order valence-corrected chi connectivity index (χ4v) is 3.64. The molecule has 0 bridgehead atoms. The van der Waals surface area contributed by atoms with Crippen molar-refractivity contribution < 1.29 is 4.42 Å². The molecule has 0 fully saturated rings. The summed E-state index contributed by atoms with van der Waals surface area (Å²) in [6, 6.07) is 27.7. The summed E-state index contributed by atoms with van der Waals surface area (Å²) in [6.07, 6.45) is 1.92. The highest BCUT2D eigenvalue weighted by molar-refractivity contribution is 5.77. The van der Waals surface area contributed by atoms with Crippen molar-refractivity contribution >= 4 is 11.0 Å². The van der Waals surface area contributed by atoms with Crippen LogP contribution in [0.3, 0.4) is 0 Å². The van der Waals surface area contributed by atoms with E-state index in [2.05, 4.69) is 20.5 Å². The van der Waals surface area contributed by atoms with Gasteiger partial charge < -0.3 is 4.42 Å². The molecule has 0 aliphatic heterocycles. The molecule has 3 aromatic carbocycles. The molecular formula is C24H17N7O. The lowest BCUT2D eigenvalue weighted by Gasteiger charge is -2.00. The van der Waals surface area contributed by atoms with Crippen LogP contribution in [0.25, 0.3) is 39.4 Å². The van der Waals surface area contributed by atoms with E-state index in [1.54, 1.807) is 4.68 Å². The summed E-state index contributed by atoms with van der Waals surface area (Å²) in [5, 5.41) is 21.8. The molecule has 0 amide bonds. The van der Waals surface area contributed by atoms with Gasteiger partial charge in [0.05, 0.1) is 16.8 Å². The molecule has 6 rings (SSSR count). The number of fused-ring (bicyclic) bond motifs is 1. The van der Waals surface area contributed by atoms with Crippen molar-refractivity contribution in [2.45, 2.75) is 6.54 Å². The summed E-state index contributed by atoms with van der Waals surface area (Å²) in [5.74, 6) is 0.854. The van der Waals surface area contributed by atoms with E-state index in [1.807, 2.05) is 95.8 Å². The zero-order valence-corrected chi connectivity index (χ0v) is 16.9. The van der Waals surface area contributed by atoms with Crippen LogP contribution in [-0.2, 0) is 6.54 Å². The molecule has 6 aromatic rings. The zero-order valence-electron chi connectivity index (χ0n) is 16.9. The first kappa shape index (κ1) is 18.2. The zero-order chi connectivity index (χ0) is 21.3. The van der Waals surface area contributed by atoms with Gasteiger partial charge in [-0.3, -0.25) is 0 Å². The second kappa shape index (κ2) is 7.59. The number of aromatic nitrogens is 7. The molecule has 0 atom stereocenters. The first-order valence-electron chi connectivity index (χ1n) is 10.2. The van der Waals surface area contributed by atoms with Gasteiger partial charge in [-0.1, -0.05) is 65.9 Å². The number of para-hydroxylation sites is 2. The molecule has 8 nitrogen and oxygen atoms in total. The van der Waals surface area contributed by atoms with Crippen LogP contribution in [0.4, 0.5) is 0 Å². The van der Waals surface area contributed by atoms with E-state index in [0.29, 0.717) is 18.3 Å². The Morgan fingerprint density at radius 2 is 1.50 bits per heavy atom. The van der Waals surface area contributed by atoms with Gasteiger partial charge in [0, 0.05) is 11.8 Å². The predicted molar refractivity (Wildman–Crippen MR) is 119 cm³/mol. The number of nitrogens with zero attached hydrogens (tertiary/aromatic N) is 7. The molecule has 0 spiro atoms. The van der Waals surface area contributed by atoms with Crippen LogP contribution in [0.5, 0.6) is 0 Å². The first-order chi connectivity index (χ1) is 15.8. The largest absolute Gasteiger partial charge is 0.419 e. The van der Waals surface area contributed by atoms with Gasteiger partial charge in [-0.15, -0.1) is 15.3 Å². The molecule has 0 saturated heterocycles. The molecule has 0 saturated carbocycles. The highest BCUT2D eigenvalue weighted by atomic mass is 16.4. The lowest BCUT2D eigenvalue weighted by atomic mass is 10.1. The van der Waals surface area contributed by atoms with Gasteiger partial charge in [-0.05, 0) is 24.3 Å². The van der Waals surface area contributed by atoms with Gasteiger partial charge in [0.1, 0.15) is 17.8 Å². The standard InChI is InChI=1S/C24H17N7O/c1-3-9-17(10-4-1)23-19(15-30(28-23)18-11-5-2-6-12-18)24-27-26-22(32-24)16-31-21-14-8-7-13-20(21)25-29-31/h1-15H,16H2. The highest BCUT2D eigenvalue weighted by Crippen LogP contribution is 2.31. The molecule has 0 aliphatic carbocycles. The molecular weight excluding hydrogens is 402 g/mol. The van der Waals surface area contributed by atoms with Crippen LogP contribution in [-0.4, -0.2) is 35.0 Å². The van der Waals surface area contributed by atoms with Crippen molar-refractivity contribution in [1.82, 2.24) is 35.0 Å². The second-order valence-corrected chi connectivity index (χ2v) is 7.27. The fourth-order valence-electron chi connectivity index (χ4n) is 3.64. The average molecular weight is 419 g/mol. The monoisotopic (exact) mass is 419 g/mol. The minimum Gasteiger partial charge on any atom is -0.419 e. The van der Waals surface area contributed by atoms with Crippen LogP contribution < -0.4 is 0 Å². The van der Waals surface area contributed by atoms with E-state index in [1.165, 1.54) is 0 Å². The third-order valence-corrected chi connectivity index (χ3v) is 5.18. The first-order valence-corrected chi connectivity index (χ1v) is 10.2. The van der Waals surface area contributed by atoms with E-state index in [-0.39, 0.29) is 0 Å². The SMILES string of the molecule is c1ccc(-c2nn(-c3ccccc3)cc2-c2nnc(Cn3nnc4ccccc43)o2)cc1. The number of hydrogen-bond donors (Lipinski definition) is 0. The molecule has 3 aromatic heterocycles. The molecule has 0 N–H and O–H groups in total. The summed E-state index contributed by atoms with van der Waals surface area (Å²) < 4.78 is 9.61. The van der Waals surface area contributed by atoms with Crippen LogP contribution >= 0.6 is 0 Å². The van der Waals surface area contributed by atoms with Gasteiger partial charge in [0.2, 0.25) is 5.89 Å². The van der Waals surface area contributed by atoms with Crippen molar-refractivity contribution in [2.24, 2.45) is 0 Å². The Balaban J connectivity index is 1.40. The molecule has 32 heavy (non-hydrogen) atoms. The van der Waals surface area contributed by atoms with Crippen molar-refractivity contribution in [3.05, 3.63) is 97.0 Å². The van der Waals surface area contributed by atoms with Crippen molar-refractivity contribution in [2.75, 3.05) is 0 Å². The minimum atomic E-state index is 0.334. The summed E-state index contributed by atoms with van der Waals surface area (Å²) in [7, 11) is 0. The van der Waals surface area contributed by atoms with Gasteiger partial charge in [-0.25, -0.2) is 9.36 Å². The molecule has 3 heterocycles. The van der Waals surface area contributed by atoms with Gasteiger partial charge in [0.25, 0.3) is 5.89 Å². The summed E-state index contributed by atoms with van der Waals surface area (Å²) >= 11 is 0. The van der Waals surface area contributed by atoms with E-state index < -0.39 is 0 Å². The number of benzene rings is 3. The molecule has 8 heteroatoms. The Bertz CT molecular complexity index is 1500. The quantitative estimate of drug-likeness (QED) is 0.412. The Kier molecular flexibility index (Phi) is 4.31. The summed E-state index contributed by atoms with van der Waals surface area (Å²) in [5.41, 5.74) is 5.19. The topological polar surface area (TPSA) is 87.5 Å². The highest BCUT2D eigenvalue weighted by Gasteiger charge is 2.20. The smallest absolute Gasteiger partial charge is 0.251 e. The summed E-state index contributed by atoms with van der Waals surface area (Å²) in [6.45, 7) is 0.334. The lowest BCUT2D eigenvalue weighted by Crippen LogP contribution is -2.02. The fraction of sp³-hybridized carbons (Fsp3) is 0.0417. The van der Waals surface area contributed by atoms with E-state index >= 15 is 0 Å². The maximum absolute atomic E-state index is 6.04. The maximum atomic E-state index is 6.04. The Morgan fingerprint density at radius 1 is 0.750 bits per heavy atom. The second-order valence-electron chi connectivity index (χ2n) is 7.27. The van der Waals surface area contributed by atoms with Gasteiger partial charge in [0.15, 0.2) is 0 Å². The van der Waals surface area contributed by atoms with Crippen molar-refractivity contribution in [1.29, 1.82) is 0 Å². The van der Waals surface area contributed by atoms with Gasteiger partial charge in [-0.2, -0.15) is 5.10 Å². The van der Waals surface area contributed by atoms with Crippen LogP contribution in [0.1, 0.15) is 5.89 Å². The molecule has 0 aliphatic rings. The van der Waals surface area contributed by atoms with Crippen LogP contribution in [0, 0.1) is 0 Å². The lowest BCUT2D eigenvalue weighted by molar-refractivity contribution is 0.474. The van der Waals surface area contributed by atoms with Crippen molar-refractivity contribution in [3.63, 3.8) is 0 Å². The molecule has 154 valence electrons. The molecule has 0 radical (unpaired) electrons. The summed E-state index contributed by atoms with van der Waals surface area (Å²) in [4.78, 5) is 0. The van der Waals surface area contributed by atoms with E-state index in [9.17, 15) is 0 Å². The Morgan fingerprint density at radius 3 is 2.34 bits per heavy atom. The number of hydrogen-bond acceptors (Lipinski definition) is 6. The van der Waals surface area contributed by atoms with E-state index in [4.69, 9.17) is 9.52 Å². The van der Waals surface area contributed by atoms with Crippen molar-refractivity contribution in [3.8, 4) is 28.4 Å². The predicted octanol–water partition coefficient (Wildman–Crippen LogP) is 4.38. The Hall–Kier alpha value is -4.59. The minimum absolute atomic E-state index is 0.334. The van der Waals surface area contributed by atoms with E-state index in [0.717, 1.165) is 33.5 Å². The number of rotatable bonds is 5. The third-order valence-electron chi connectivity index (χ3n) is 5.18.